The van der Waals surface area contributed by atoms with Gasteiger partial charge in [0.1, 0.15) is 5.75 Å². The SMILES string of the molecule is COc1ccccc1C(=O)NC1CCN(C(=S)Nc2cc(C)ccc2C)CC1. The standard InChI is InChI=1S/C22H27N3O2S/c1-15-8-9-16(2)19(14-15)24-22(28)25-12-10-17(11-13-25)23-21(26)18-6-4-5-7-20(18)27-3/h4-9,14,17H,10-13H2,1-3H3,(H,23,26)(H,24,28). The van der Waals surface area contributed by atoms with Crippen molar-refractivity contribution in [2.75, 3.05) is 25.5 Å². The average Bonchev–Trinajstić information content (AvgIpc) is 2.71. The van der Waals surface area contributed by atoms with E-state index in [-0.39, 0.29) is 11.9 Å². The van der Waals surface area contributed by atoms with Crippen LogP contribution in [0.4, 0.5) is 5.69 Å². The van der Waals surface area contributed by atoms with Crippen molar-refractivity contribution >= 4 is 28.9 Å². The lowest BCUT2D eigenvalue weighted by atomic mass is 10.0. The van der Waals surface area contributed by atoms with Gasteiger partial charge < -0.3 is 20.3 Å². The molecule has 1 aliphatic heterocycles. The zero-order valence-electron chi connectivity index (χ0n) is 16.6. The Balaban J connectivity index is 1.53. The van der Waals surface area contributed by atoms with E-state index in [9.17, 15) is 4.79 Å². The molecule has 0 aromatic heterocycles. The summed E-state index contributed by atoms with van der Waals surface area (Å²) in [7, 11) is 1.58. The van der Waals surface area contributed by atoms with Crippen LogP contribution in [0, 0.1) is 13.8 Å². The van der Waals surface area contributed by atoms with Crippen molar-refractivity contribution in [2.45, 2.75) is 32.7 Å². The molecule has 2 N–H and O–H groups in total. The Labute approximate surface area is 172 Å². The highest BCUT2D eigenvalue weighted by atomic mass is 32.1. The molecular formula is C22H27N3O2S. The van der Waals surface area contributed by atoms with E-state index in [1.807, 2.05) is 12.1 Å². The molecule has 2 aromatic carbocycles. The fourth-order valence-electron chi connectivity index (χ4n) is 3.39. The molecule has 6 heteroatoms. The van der Waals surface area contributed by atoms with E-state index >= 15 is 0 Å². The van der Waals surface area contributed by atoms with Gasteiger partial charge in [0.05, 0.1) is 12.7 Å². The van der Waals surface area contributed by atoms with Crippen LogP contribution in [0.15, 0.2) is 42.5 Å². The topological polar surface area (TPSA) is 53.6 Å². The van der Waals surface area contributed by atoms with Crippen LogP contribution >= 0.6 is 12.2 Å². The van der Waals surface area contributed by atoms with Crippen LogP contribution in [0.3, 0.4) is 0 Å². The summed E-state index contributed by atoms with van der Waals surface area (Å²) in [4.78, 5) is 14.7. The number of aryl methyl sites for hydroxylation is 2. The second-order valence-corrected chi connectivity index (χ2v) is 7.57. The third kappa shape index (κ3) is 4.81. The van der Waals surface area contributed by atoms with Gasteiger partial charge >= 0.3 is 0 Å². The molecule has 0 atom stereocenters. The Morgan fingerprint density at radius 1 is 1.14 bits per heavy atom. The van der Waals surface area contributed by atoms with E-state index in [2.05, 4.69) is 47.6 Å². The summed E-state index contributed by atoms with van der Waals surface area (Å²) in [5.41, 5.74) is 4.00. The number of carbonyl (C=O) groups excluding carboxylic acids is 1. The molecule has 1 saturated heterocycles. The molecule has 1 amide bonds. The number of likely N-dealkylation sites (tertiary alicyclic amines) is 1. The third-order valence-corrected chi connectivity index (χ3v) is 5.46. The summed E-state index contributed by atoms with van der Waals surface area (Å²) >= 11 is 5.61. The van der Waals surface area contributed by atoms with Crippen LogP contribution in [0.1, 0.15) is 34.3 Å². The first-order chi connectivity index (χ1) is 13.5. The minimum atomic E-state index is -0.0908. The predicted molar refractivity (Wildman–Crippen MR) is 117 cm³/mol. The highest BCUT2D eigenvalue weighted by molar-refractivity contribution is 7.80. The van der Waals surface area contributed by atoms with Crippen LogP contribution < -0.4 is 15.4 Å². The summed E-state index contributed by atoms with van der Waals surface area (Å²) in [6, 6.07) is 13.7. The maximum Gasteiger partial charge on any atom is 0.255 e. The fraction of sp³-hybridized carbons (Fsp3) is 0.364. The van der Waals surface area contributed by atoms with Crippen molar-refractivity contribution in [3.8, 4) is 5.75 Å². The number of carbonyl (C=O) groups is 1. The van der Waals surface area contributed by atoms with Gasteiger partial charge in [0.2, 0.25) is 0 Å². The molecule has 0 saturated carbocycles. The number of piperidine rings is 1. The monoisotopic (exact) mass is 397 g/mol. The quantitative estimate of drug-likeness (QED) is 0.767. The molecule has 0 aliphatic carbocycles. The van der Waals surface area contributed by atoms with Gasteiger partial charge in [-0.1, -0.05) is 24.3 Å². The van der Waals surface area contributed by atoms with Crippen molar-refractivity contribution in [2.24, 2.45) is 0 Å². The lowest BCUT2D eigenvalue weighted by Gasteiger charge is -2.34. The first kappa shape index (κ1) is 20.1. The van der Waals surface area contributed by atoms with Gasteiger partial charge in [0.25, 0.3) is 5.91 Å². The number of anilines is 1. The molecule has 3 rings (SSSR count). The lowest BCUT2D eigenvalue weighted by Crippen LogP contribution is -2.47. The van der Waals surface area contributed by atoms with E-state index in [1.165, 1.54) is 11.1 Å². The van der Waals surface area contributed by atoms with E-state index in [0.29, 0.717) is 11.3 Å². The normalized spacial score (nSPS) is 14.5. The number of amides is 1. The van der Waals surface area contributed by atoms with Crippen molar-refractivity contribution in [3.05, 3.63) is 59.2 Å². The van der Waals surface area contributed by atoms with E-state index in [0.717, 1.165) is 36.7 Å². The van der Waals surface area contributed by atoms with E-state index < -0.39 is 0 Å². The smallest absolute Gasteiger partial charge is 0.255 e. The van der Waals surface area contributed by atoms with E-state index in [1.54, 1.807) is 19.2 Å². The summed E-state index contributed by atoms with van der Waals surface area (Å²) in [5.74, 6) is 0.503. The molecule has 2 aromatic rings. The minimum absolute atomic E-state index is 0.0908. The van der Waals surface area contributed by atoms with Crippen LogP contribution in [-0.4, -0.2) is 42.2 Å². The largest absolute Gasteiger partial charge is 0.496 e. The Morgan fingerprint density at radius 3 is 2.57 bits per heavy atom. The minimum Gasteiger partial charge on any atom is -0.496 e. The summed E-state index contributed by atoms with van der Waals surface area (Å²) in [6.07, 6.45) is 1.71. The molecule has 5 nitrogen and oxygen atoms in total. The second kappa shape index (κ2) is 9.06. The van der Waals surface area contributed by atoms with Gasteiger partial charge in [-0.05, 0) is 68.2 Å². The van der Waals surface area contributed by atoms with Gasteiger partial charge in [-0.25, -0.2) is 0 Å². The van der Waals surface area contributed by atoms with Crippen LogP contribution in [0.25, 0.3) is 0 Å². The number of para-hydroxylation sites is 1. The maximum atomic E-state index is 12.6. The van der Waals surface area contributed by atoms with Crippen molar-refractivity contribution in [3.63, 3.8) is 0 Å². The predicted octanol–water partition coefficient (Wildman–Crippen LogP) is 3.90. The van der Waals surface area contributed by atoms with E-state index in [4.69, 9.17) is 17.0 Å². The Kier molecular flexibility index (Phi) is 6.52. The van der Waals surface area contributed by atoms with Gasteiger partial charge in [-0.2, -0.15) is 0 Å². The third-order valence-electron chi connectivity index (χ3n) is 5.10. The van der Waals surface area contributed by atoms with Gasteiger partial charge in [-0.3, -0.25) is 4.79 Å². The number of thiocarbonyl (C=S) groups is 1. The van der Waals surface area contributed by atoms with Gasteiger partial charge in [-0.15, -0.1) is 0 Å². The molecule has 1 fully saturated rings. The zero-order valence-corrected chi connectivity index (χ0v) is 17.4. The second-order valence-electron chi connectivity index (χ2n) is 7.18. The summed E-state index contributed by atoms with van der Waals surface area (Å²) < 4.78 is 5.28. The molecular weight excluding hydrogens is 370 g/mol. The van der Waals surface area contributed by atoms with Crippen LogP contribution in [-0.2, 0) is 0 Å². The highest BCUT2D eigenvalue weighted by Gasteiger charge is 2.23. The van der Waals surface area contributed by atoms with Crippen LogP contribution in [0.5, 0.6) is 5.75 Å². The summed E-state index contributed by atoms with van der Waals surface area (Å²) in [6.45, 7) is 5.77. The number of hydrogen-bond donors (Lipinski definition) is 2. The molecule has 148 valence electrons. The van der Waals surface area contributed by atoms with Gasteiger partial charge in [0.15, 0.2) is 5.11 Å². The first-order valence-electron chi connectivity index (χ1n) is 9.55. The lowest BCUT2D eigenvalue weighted by molar-refractivity contribution is 0.0919. The first-order valence-corrected chi connectivity index (χ1v) is 9.96. The maximum absolute atomic E-state index is 12.6. The number of rotatable bonds is 4. The van der Waals surface area contributed by atoms with Crippen molar-refractivity contribution in [1.82, 2.24) is 10.2 Å². The molecule has 0 spiro atoms. The van der Waals surface area contributed by atoms with Crippen molar-refractivity contribution < 1.29 is 9.53 Å². The summed E-state index contributed by atoms with van der Waals surface area (Å²) in [5, 5.41) is 7.24. The van der Waals surface area contributed by atoms with Gasteiger partial charge in [0, 0.05) is 24.8 Å². The molecule has 1 heterocycles. The molecule has 0 bridgehead atoms. The zero-order chi connectivity index (χ0) is 20.1. The molecule has 28 heavy (non-hydrogen) atoms. The number of hydrogen-bond acceptors (Lipinski definition) is 3. The number of methoxy groups -OCH3 is 1. The Bertz CT molecular complexity index is 861. The molecule has 0 radical (unpaired) electrons. The van der Waals surface area contributed by atoms with Crippen LogP contribution in [0.2, 0.25) is 0 Å². The molecule has 1 aliphatic rings. The number of benzene rings is 2. The number of nitrogens with one attached hydrogen (secondary N) is 2. The average molecular weight is 398 g/mol. The Hall–Kier alpha value is -2.60. The highest BCUT2D eigenvalue weighted by Crippen LogP contribution is 2.20. The fourth-order valence-corrected chi connectivity index (χ4v) is 3.68. The Morgan fingerprint density at radius 2 is 1.86 bits per heavy atom. The molecule has 0 unspecified atom stereocenters. The van der Waals surface area contributed by atoms with Crippen molar-refractivity contribution in [1.29, 1.82) is 0 Å². The number of ether oxygens (including phenoxy) is 1. The number of nitrogens with zero attached hydrogens (tertiary/aromatic N) is 1.